The maximum absolute atomic E-state index is 12.4. The number of carbonyl (C=O) groups is 2. The van der Waals surface area contributed by atoms with Crippen molar-refractivity contribution < 1.29 is 34.0 Å². The van der Waals surface area contributed by atoms with E-state index < -0.39 is 18.2 Å². The number of fused-ring (bicyclic) bond motifs is 1. The summed E-state index contributed by atoms with van der Waals surface area (Å²) in [6.45, 7) is 2.85. The van der Waals surface area contributed by atoms with Crippen LogP contribution in [0.1, 0.15) is 46.2 Å². The van der Waals surface area contributed by atoms with Gasteiger partial charge in [0.25, 0.3) is 0 Å². The highest BCUT2D eigenvalue weighted by atomic mass is 16.7. The molecule has 3 rings (SSSR count). The van der Waals surface area contributed by atoms with E-state index in [-0.39, 0.29) is 29.5 Å². The van der Waals surface area contributed by atoms with Crippen molar-refractivity contribution >= 4 is 11.8 Å². The van der Waals surface area contributed by atoms with Gasteiger partial charge >= 0.3 is 5.97 Å². The van der Waals surface area contributed by atoms with Crippen LogP contribution in [0.2, 0.25) is 0 Å². The van der Waals surface area contributed by atoms with E-state index in [0.29, 0.717) is 17.1 Å². The lowest BCUT2D eigenvalue weighted by Crippen LogP contribution is -2.15. The van der Waals surface area contributed by atoms with Gasteiger partial charge in [-0.15, -0.1) is 0 Å². The Morgan fingerprint density at radius 1 is 1.08 bits per heavy atom. The summed E-state index contributed by atoms with van der Waals surface area (Å²) in [6, 6.07) is 8.96. The van der Waals surface area contributed by atoms with Gasteiger partial charge in [0.05, 0.1) is 17.2 Å². The Morgan fingerprint density at radius 2 is 1.81 bits per heavy atom. The summed E-state index contributed by atoms with van der Waals surface area (Å²) >= 11 is 0. The predicted molar refractivity (Wildman–Crippen MR) is 90.6 cm³/mol. The SMILES string of the molecule is CC(=O)c1cc([C@@H](O)[C@@H](C)O)ccc1OC(=O)c1ccc2c(c1)OCO2. The number of carbonyl (C=O) groups excluding carboxylic acids is 2. The third-order valence-corrected chi connectivity index (χ3v) is 3.99. The Bertz CT molecular complexity index is 857. The van der Waals surface area contributed by atoms with Crippen molar-refractivity contribution in [2.45, 2.75) is 26.1 Å². The topological polar surface area (TPSA) is 102 Å². The highest BCUT2D eigenvalue weighted by molar-refractivity contribution is 5.99. The van der Waals surface area contributed by atoms with Crippen LogP contribution in [0.25, 0.3) is 0 Å². The first-order chi connectivity index (χ1) is 12.4. The van der Waals surface area contributed by atoms with Gasteiger partial charge in [-0.1, -0.05) is 6.07 Å². The van der Waals surface area contributed by atoms with Crippen LogP contribution < -0.4 is 14.2 Å². The van der Waals surface area contributed by atoms with Crippen LogP contribution in [-0.2, 0) is 0 Å². The Kier molecular flexibility index (Phi) is 4.92. The van der Waals surface area contributed by atoms with Crippen molar-refractivity contribution in [3.05, 3.63) is 53.1 Å². The zero-order valence-corrected chi connectivity index (χ0v) is 14.3. The van der Waals surface area contributed by atoms with Crippen LogP contribution in [0.15, 0.2) is 36.4 Å². The number of esters is 1. The first kappa shape index (κ1) is 17.9. The minimum atomic E-state index is -1.15. The van der Waals surface area contributed by atoms with E-state index in [1.54, 1.807) is 6.07 Å². The lowest BCUT2D eigenvalue weighted by atomic mass is 10.0. The largest absolute Gasteiger partial charge is 0.454 e. The van der Waals surface area contributed by atoms with Crippen LogP contribution >= 0.6 is 0 Å². The summed E-state index contributed by atoms with van der Waals surface area (Å²) in [5.41, 5.74) is 0.737. The fourth-order valence-electron chi connectivity index (χ4n) is 2.56. The number of Topliss-reactive ketones (excluding diaryl/α,β-unsaturated/α-hetero) is 1. The predicted octanol–water partition coefficient (Wildman–Crippen LogP) is 2.25. The van der Waals surface area contributed by atoms with Gasteiger partial charge in [0.15, 0.2) is 17.3 Å². The van der Waals surface area contributed by atoms with Gasteiger partial charge in [0.1, 0.15) is 11.9 Å². The van der Waals surface area contributed by atoms with Gasteiger partial charge in [-0.25, -0.2) is 4.79 Å². The van der Waals surface area contributed by atoms with E-state index in [2.05, 4.69) is 0 Å². The highest BCUT2D eigenvalue weighted by Crippen LogP contribution is 2.33. The molecule has 0 saturated heterocycles. The lowest BCUT2D eigenvalue weighted by molar-refractivity contribution is 0.0304. The van der Waals surface area contributed by atoms with Crippen LogP contribution in [0.4, 0.5) is 0 Å². The van der Waals surface area contributed by atoms with Crippen LogP contribution in [0.5, 0.6) is 17.2 Å². The number of hydrogen-bond donors (Lipinski definition) is 2. The second-order valence-electron chi connectivity index (χ2n) is 5.95. The molecule has 1 aliphatic rings. The van der Waals surface area contributed by atoms with E-state index in [1.807, 2.05) is 0 Å². The maximum Gasteiger partial charge on any atom is 0.343 e. The summed E-state index contributed by atoms with van der Waals surface area (Å²) in [5.74, 6) is 0.0681. The molecule has 0 fully saturated rings. The van der Waals surface area contributed by atoms with E-state index >= 15 is 0 Å². The Morgan fingerprint density at radius 3 is 2.50 bits per heavy atom. The molecule has 2 atom stereocenters. The zero-order chi connectivity index (χ0) is 18.8. The number of ketones is 1. The van der Waals surface area contributed by atoms with Gasteiger partial charge in [0.2, 0.25) is 6.79 Å². The van der Waals surface area contributed by atoms with Gasteiger partial charge in [-0.3, -0.25) is 4.79 Å². The molecule has 2 aromatic rings. The number of benzene rings is 2. The lowest BCUT2D eigenvalue weighted by Gasteiger charge is -2.16. The Hall–Kier alpha value is -2.90. The average molecular weight is 358 g/mol. The molecule has 1 aliphatic heterocycles. The fourth-order valence-corrected chi connectivity index (χ4v) is 2.56. The van der Waals surface area contributed by atoms with E-state index in [9.17, 15) is 19.8 Å². The second-order valence-corrected chi connectivity index (χ2v) is 5.95. The molecular formula is C19H18O7. The molecule has 0 bridgehead atoms. The third-order valence-electron chi connectivity index (χ3n) is 3.99. The molecule has 0 radical (unpaired) electrons. The van der Waals surface area contributed by atoms with Crippen molar-refractivity contribution in [1.82, 2.24) is 0 Å². The van der Waals surface area contributed by atoms with Gasteiger partial charge < -0.3 is 24.4 Å². The van der Waals surface area contributed by atoms with Crippen molar-refractivity contribution in [1.29, 1.82) is 0 Å². The molecule has 0 aromatic heterocycles. The zero-order valence-electron chi connectivity index (χ0n) is 14.3. The Labute approximate surface area is 149 Å². The standard InChI is InChI=1S/C19H18O7/c1-10(20)14-7-12(18(22)11(2)21)3-5-15(14)26-19(23)13-4-6-16-17(8-13)25-9-24-16/h3-8,11,18,21-22H,9H2,1-2H3/t11-,18+/m1/s1. The summed E-state index contributed by atoms with van der Waals surface area (Å²) in [4.78, 5) is 24.3. The molecule has 0 unspecified atom stereocenters. The Balaban J connectivity index is 1.86. The first-order valence-corrected chi connectivity index (χ1v) is 7.99. The van der Waals surface area contributed by atoms with Crippen LogP contribution in [0, 0.1) is 0 Å². The van der Waals surface area contributed by atoms with E-state index in [4.69, 9.17) is 14.2 Å². The molecule has 0 saturated carbocycles. The minimum Gasteiger partial charge on any atom is -0.454 e. The van der Waals surface area contributed by atoms with E-state index in [0.717, 1.165) is 0 Å². The fraction of sp³-hybridized carbons (Fsp3) is 0.263. The monoisotopic (exact) mass is 358 g/mol. The van der Waals surface area contributed by atoms with Gasteiger partial charge in [-0.2, -0.15) is 0 Å². The van der Waals surface area contributed by atoms with E-state index in [1.165, 1.54) is 44.2 Å². The maximum atomic E-state index is 12.4. The molecule has 136 valence electrons. The summed E-state index contributed by atoms with van der Waals surface area (Å²) in [7, 11) is 0. The number of rotatable bonds is 5. The molecule has 0 spiro atoms. The number of hydrogen-bond acceptors (Lipinski definition) is 7. The second kappa shape index (κ2) is 7.15. The van der Waals surface area contributed by atoms with Crippen LogP contribution in [0.3, 0.4) is 0 Å². The van der Waals surface area contributed by atoms with Gasteiger partial charge in [0, 0.05) is 0 Å². The molecule has 1 heterocycles. The normalized spacial score (nSPS) is 14.6. The van der Waals surface area contributed by atoms with Crippen LogP contribution in [-0.4, -0.2) is 34.9 Å². The molecule has 7 heteroatoms. The molecule has 2 aromatic carbocycles. The smallest absolute Gasteiger partial charge is 0.343 e. The average Bonchev–Trinajstić information content (AvgIpc) is 3.08. The first-order valence-electron chi connectivity index (χ1n) is 7.99. The van der Waals surface area contributed by atoms with Crippen molar-refractivity contribution in [2.24, 2.45) is 0 Å². The summed E-state index contributed by atoms with van der Waals surface area (Å²) in [6.07, 6.45) is -2.15. The third kappa shape index (κ3) is 3.54. The molecular weight excluding hydrogens is 340 g/mol. The molecule has 26 heavy (non-hydrogen) atoms. The summed E-state index contributed by atoms with van der Waals surface area (Å²) in [5, 5.41) is 19.5. The highest BCUT2D eigenvalue weighted by Gasteiger charge is 2.21. The van der Waals surface area contributed by atoms with Crippen molar-refractivity contribution in [3.63, 3.8) is 0 Å². The minimum absolute atomic E-state index is 0.0710. The number of aliphatic hydroxyl groups is 2. The van der Waals surface area contributed by atoms with Crippen molar-refractivity contribution in [3.8, 4) is 17.2 Å². The quantitative estimate of drug-likeness (QED) is 0.480. The van der Waals surface area contributed by atoms with Crippen molar-refractivity contribution in [2.75, 3.05) is 6.79 Å². The molecule has 0 amide bonds. The number of aliphatic hydroxyl groups excluding tert-OH is 2. The molecule has 7 nitrogen and oxygen atoms in total. The van der Waals surface area contributed by atoms with Gasteiger partial charge in [-0.05, 0) is 49.7 Å². The molecule has 2 N–H and O–H groups in total. The summed E-state index contributed by atoms with van der Waals surface area (Å²) < 4.78 is 15.8. The molecule has 0 aliphatic carbocycles. The number of ether oxygens (including phenoxy) is 3.